The third-order valence-electron chi connectivity index (χ3n) is 12.6. The second kappa shape index (κ2) is 14.6. The zero-order valence-electron chi connectivity index (χ0n) is 35.0. The number of benzene rings is 11. The summed E-state index contributed by atoms with van der Waals surface area (Å²) in [7, 11) is 0. The van der Waals surface area contributed by atoms with Gasteiger partial charge in [-0.3, -0.25) is 0 Å². The number of hydrogen-bond acceptors (Lipinski definition) is 2. The monoisotopic (exact) mass is 804 g/mol. The predicted octanol–water partition coefficient (Wildman–Crippen LogP) is 17.1. The van der Waals surface area contributed by atoms with Crippen molar-refractivity contribution in [2.45, 2.75) is 27.7 Å². The van der Waals surface area contributed by atoms with Crippen LogP contribution in [0.3, 0.4) is 0 Å². The van der Waals surface area contributed by atoms with Crippen LogP contribution in [0.25, 0.3) is 64.6 Å². The molecule has 0 N–H and O–H groups in total. The van der Waals surface area contributed by atoms with Crippen molar-refractivity contribution in [1.82, 2.24) is 0 Å². The molecule has 0 atom stereocenters. The van der Waals surface area contributed by atoms with E-state index in [4.69, 9.17) is 0 Å². The summed E-state index contributed by atoms with van der Waals surface area (Å²) >= 11 is 0. The summed E-state index contributed by atoms with van der Waals surface area (Å²) in [5, 5.41) is 11.8. The Bertz CT molecular complexity index is 3230. The fraction of sp³-hybridized carbons (Fsp3) is 0.0690. The van der Waals surface area contributed by atoms with Crippen LogP contribution in [0, 0.1) is 39.3 Å². The molecule has 0 bridgehead atoms. The molecule has 2 nitrogen and oxygen atoms in total. The molecular formula is C58H42F2N2. The Morgan fingerprint density at radius 1 is 0.226 bits per heavy atom. The second-order valence-electron chi connectivity index (χ2n) is 16.8. The number of hydrogen-bond donors (Lipinski definition) is 0. The molecule has 0 unspecified atom stereocenters. The topological polar surface area (TPSA) is 6.48 Å². The largest absolute Gasteiger partial charge is 0.310 e. The van der Waals surface area contributed by atoms with Crippen LogP contribution >= 0.6 is 0 Å². The third kappa shape index (κ3) is 6.30. The summed E-state index contributed by atoms with van der Waals surface area (Å²) in [6.45, 7) is 8.38. The van der Waals surface area contributed by atoms with Gasteiger partial charge in [-0.25, -0.2) is 8.78 Å². The van der Waals surface area contributed by atoms with Crippen molar-refractivity contribution >= 4 is 98.8 Å². The molecule has 11 rings (SSSR count). The summed E-state index contributed by atoms with van der Waals surface area (Å²) in [6, 6.07) is 62.1. The Labute approximate surface area is 359 Å². The average molecular weight is 805 g/mol. The van der Waals surface area contributed by atoms with Gasteiger partial charge in [-0.1, -0.05) is 95.1 Å². The summed E-state index contributed by atoms with van der Waals surface area (Å²) in [5.41, 5.74) is 10.8. The molecule has 0 saturated heterocycles. The highest BCUT2D eigenvalue weighted by molar-refractivity contribution is 6.33. The van der Waals surface area contributed by atoms with Crippen LogP contribution in [-0.4, -0.2) is 0 Å². The fourth-order valence-electron chi connectivity index (χ4n) is 9.37. The van der Waals surface area contributed by atoms with E-state index in [2.05, 4.69) is 183 Å². The first-order valence-corrected chi connectivity index (χ1v) is 21.1. The molecule has 0 amide bonds. The number of aryl methyl sites for hydroxylation is 4. The number of anilines is 6. The van der Waals surface area contributed by atoms with E-state index in [1.807, 2.05) is 12.1 Å². The maximum absolute atomic E-state index is 15.4. The molecule has 0 heterocycles. The molecule has 0 saturated carbocycles. The van der Waals surface area contributed by atoms with Crippen molar-refractivity contribution < 1.29 is 8.78 Å². The van der Waals surface area contributed by atoms with Crippen molar-refractivity contribution in [3.8, 4) is 0 Å². The predicted molar refractivity (Wildman–Crippen MR) is 260 cm³/mol. The maximum atomic E-state index is 15.4. The lowest BCUT2D eigenvalue weighted by Gasteiger charge is -2.27. The minimum Gasteiger partial charge on any atom is -0.310 e. The van der Waals surface area contributed by atoms with Gasteiger partial charge in [0.15, 0.2) is 0 Å². The Balaban J connectivity index is 1.18. The minimum absolute atomic E-state index is 0.282. The first-order chi connectivity index (χ1) is 30.2. The SMILES string of the molecule is Cc1ccc(N(c2ccc(C)cc2)c2ccc3c(c2)c2cc(F)ccc2c2cc4c5ccc(N(c6ccc(C)cc6)c6ccc(C)cc6)cc5c5cc(F)ccc5c4cc32)cc1. The van der Waals surface area contributed by atoms with Crippen LogP contribution in [0.5, 0.6) is 0 Å². The number of nitrogens with zero attached hydrogens (tertiary/aromatic N) is 2. The lowest BCUT2D eigenvalue weighted by molar-refractivity contribution is 0.629. The fourth-order valence-corrected chi connectivity index (χ4v) is 9.37. The lowest BCUT2D eigenvalue weighted by Crippen LogP contribution is -2.10. The summed E-state index contributed by atoms with van der Waals surface area (Å²) < 4.78 is 30.9. The van der Waals surface area contributed by atoms with Gasteiger partial charge in [0.2, 0.25) is 0 Å². The Kier molecular flexibility index (Phi) is 8.80. The maximum Gasteiger partial charge on any atom is 0.123 e. The van der Waals surface area contributed by atoms with E-state index >= 15 is 8.78 Å². The van der Waals surface area contributed by atoms with E-state index in [1.54, 1.807) is 24.3 Å². The molecule has 11 aromatic rings. The van der Waals surface area contributed by atoms with Crippen LogP contribution < -0.4 is 9.80 Å². The van der Waals surface area contributed by atoms with Gasteiger partial charge in [-0.2, -0.15) is 0 Å². The highest BCUT2D eigenvalue weighted by atomic mass is 19.1. The molecule has 11 aromatic carbocycles. The van der Waals surface area contributed by atoms with Crippen LogP contribution in [0.1, 0.15) is 22.3 Å². The van der Waals surface area contributed by atoms with Gasteiger partial charge in [0.25, 0.3) is 0 Å². The van der Waals surface area contributed by atoms with Crippen LogP contribution in [0.2, 0.25) is 0 Å². The molecule has 0 aromatic heterocycles. The zero-order chi connectivity index (χ0) is 42.2. The van der Waals surface area contributed by atoms with Crippen molar-refractivity contribution in [3.05, 3.63) is 216 Å². The van der Waals surface area contributed by atoms with E-state index in [1.165, 1.54) is 22.3 Å². The molecule has 0 spiro atoms. The highest BCUT2D eigenvalue weighted by Crippen LogP contribution is 2.46. The van der Waals surface area contributed by atoms with Crippen LogP contribution in [0.15, 0.2) is 182 Å². The molecular weight excluding hydrogens is 763 g/mol. The normalized spacial score (nSPS) is 11.7. The van der Waals surface area contributed by atoms with E-state index in [-0.39, 0.29) is 11.6 Å². The molecule has 0 fully saturated rings. The van der Waals surface area contributed by atoms with Gasteiger partial charge >= 0.3 is 0 Å². The third-order valence-corrected chi connectivity index (χ3v) is 12.6. The number of rotatable bonds is 6. The molecule has 0 aliphatic heterocycles. The van der Waals surface area contributed by atoms with Gasteiger partial charge in [-0.15, -0.1) is 0 Å². The Hall–Kier alpha value is -7.56. The van der Waals surface area contributed by atoms with E-state index < -0.39 is 0 Å². The molecule has 4 heteroatoms. The summed E-state index contributed by atoms with van der Waals surface area (Å²) in [5.74, 6) is -0.563. The highest BCUT2D eigenvalue weighted by Gasteiger charge is 2.20. The second-order valence-corrected chi connectivity index (χ2v) is 16.8. The van der Waals surface area contributed by atoms with Gasteiger partial charge in [-0.05, 0) is 202 Å². The lowest BCUT2D eigenvalue weighted by atomic mass is 9.88. The Morgan fingerprint density at radius 3 is 0.742 bits per heavy atom. The quantitative estimate of drug-likeness (QED) is 0.122. The molecule has 0 aliphatic rings. The van der Waals surface area contributed by atoms with Crippen LogP contribution in [-0.2, 0) is 0 Å². The average Bonchev–Trinajstić information content (AvgIpc) is 3.28. The minimum atomic E-state index is -0.282. The molecule has 62 heavy (non-hydrogen) atoms. The van der Waals surface area contributed by atoms with Crippen molar-refractivity contribution in [3.63, 3.8) is 0 Å². The standard InChI is InChI=1S/C58H42F2N2/c1-35-5-15-41(16-6-35)61(42-17-7-36(2)8-18-42)45-23-27-49-53(31-45)51-29-39(59)13-25-47(51)55-34-58-50-28-24-46(32-54(50)52-30-40(60)14-26-48(52)56(58)33-57(49)55)62(43-19-9-37(3)10-20-43)44-21-11-38(4)12-22-44/h5-34H,1-4H3. The first-order valence-electron chi connectivity index (χ1n) is 21.1. The van der Waals surface area contributed by atoms with Crippen molar-refractivity contribution in [2.75, 3.05) is 9.80 Å². The first kappa shape index (κ1) is 37.4. The Morgan fingerprint density at radius 2 is 0.452 bits per heavy atom. The molecule has 0 aliphatic carbocycles. The van der Waals surface area contributed by atoms with E-state index in [0.717, 1.165) is 98.8 Å². The van der Waals surface area contributed by atoms with Gasteiger partial charge < -0.3 is 9.80 Å². The van der Waals surface area contributed by atoms with Gasteiger partial charge in [0.05, 0.1) is 0 Å². The number of fused-ring (bicyclic) bond motifs is 12. The van der Waals surface area contributed by atoms with Crippen LogP contribution in [0.4, 0.5) is 42.9 Å². The van der Waals surface area contributed by atoms with Crippen molar-refractivity contribution in [2.24, 2.45) is 0 Å². The van der Waals surface area contributed by atoms with Gasteiger partial charge in [0.1, 0.15) is 11.6 Å². The molecule has 0 radical (unpaired) electrons. The van der Waals surface area contributed by atoms with Gasteiger partial charge in [0, 0.05) is 34.1 Å². The smallest absolute Gasteiger partial charge is 0.123 e. The van der Waals surface area contributed by atoms with E-state index in [9.17, 15) is 0 Å². The summed E-state index contributed by atoms with van der Waals surface area (Å²) in [4.78, 5) is 4.52. The summed E-state index contributed by atoms with van der Waals surface area (Å²) in [6.07, 6.45) is 0. The molecule has 298 valence electrons. The zero-order valence-corrected chi connectivity index (χ0v) is 35.0. The van der Waals surface area contributed by atoms with Crippen molar-refractivity contribution in [1.29, 1.82) is 0 Å². The van der Waals surface area contributed by atoms with E-state index in [0.29, 0.717) is 0 Å². The number of halogens is 2.